The highest BCUT2D eigenvalue weighted by molar-refractivity contribution is 6.30. The van der Waals surface area contributed by atoms with Gasteiger partial charge in [-0.05, 0) is 30.3 Å². The minimum absolute atomic E-state index is 0.157. The Labute approximate surface area is 177 Å². The van der Waals surface area contributed by atoms with Gasteiger partial charge in [0.2, 0.25) is 0 Å². The van der Waals surface area contributed by atoms with E-state index in [9.17, 15) is 4.39 Å². The summed E-state index contributed by atoms with van der Waals surface area (Å²) in [6.45, 7) is 0.472. The Balaban J connectivity index is 1.59. The van der Waals surface area contributed by atoms with Crippen molar-refractivity contribution in [1.82, 2.24) is 19.5 Å². The van der Waals surface area contributed by atoms with E-state index < -0.39 is 5.82 Å². The molecule has 4 rings (SSSR count). The van der Waals surface area contributed by atoms with Crippen LogP contribution in [-0.2, 0) is 13.5 Å². The molecule has 1 N–H and O–H groups in total. The molecule has 0 unspecified atom stereocenters. The fourth-order valence-electron chi connectivity index (χ4n) is 2.98. The number of nitrogens with zero attached hydrogens (tertiary/aromatic N) is 4. The second-order valence-electron chi connectivity index (χ2n) is 6.54. The molecule has 0 aliphatic heterocycles. The largest absolute Gasteiger partial charge is 0.493 e. The molecule has 4 aromatic rings. The van der Waals surface area contributed by atoms with Gasteiger partial charge in [0, 0.05) is 42.3 Å². The van der Waals surface area contributed by atoms with Crippen LogP contribution in [0.4, 0.5) is 15.9 Å². The molecular weight excluding hydrogens is 409 g/mol. The van der Waals surface area contributed by atoms with E-state index in [4.69, 9.17) is 21.1 Å². The van der Waals surface area contributed by atoms with Gasteiger partial charge in [0.15, 0.2) is 0 Å². The number of ether oxygens (including phenoxy) is 2. The summed E-state index contributed by atoms with van der Waals surface area (Å²) in [7, 11) is 3.42. The molecule has 0 saturated heterocycles. The first-order valence-electron chi connectivity index (χ1n) is 9.20. The van der Waals surface area contributed by atoms with Crippen LogP contribution in [0.1, 0.15) is 5.82 Å². The zero-order valence-electron chi connectivity index (χ0n) is 16.4. The first kappa shape index (κ1) is 19.9. The number of benzene rings is 2. The summed E-state index contributed by atoms with van der Waals surface area (Å²) in [5, 5.41) is 4.00. The number of anilines is 2. The van der Waals surface area contributed by atoms with E-state index in [0.717, 1.165) is 5.82 Å². The van der Waals surface area contributed by atoms with E-state index >= 15 is 0 Å². The zero-order chi connectivity index (χ0) is 21.1. The predicted octanol–water partition coefficient (Wildman–Crippen LogP) is 4.53. The SMILES string of the molecule is COc1nc(Nc2ccc(Cl)cc2F)c2ccc(OCCc3nccn3C)cc2n1. The smallest absolute Gasteiger partial charge is 0.318 e. The molecule has 0 radical (unpaired) electrons. The monoisotopic (exact) mass is 427 g/mol. The molecule has 0 saturated carbocycles. The summed E-state index contributed by atoms with van der Waals surface area (Å²) in [6, 6.07) is 9.97. The van der Waals surface area contributed by atoms with Gasteiger partial charge in [0.1, 0.15) is 23.2 Å². The van der Waals surface area contributed by atoms with Crippen LogP contribution in [0.2, 0.25) is 5.02 Å². The maximum absolute atomic E-state index is 14.2. The first-order chi connectivity index (χ1) is 14.5. The number of imidazole rings is 1. The molecule has 0 aliphatic rings. The molecule has 0 fully saturated rings. The number of nitrogens with one attached hydrogen (secondary N) is 1. The molecule has 2 aromatic carbocycles. The minimum Gasteiger partial charge on any atom is -0.493 e. The van der Waals surface area contributed by atoms with Gasteiger partial charge in [-0.3, -0.25) is 0 Å². The lowest BCUT2D eigenvalue weighted by molar-refractivity contribution is 0.318. The van der Waals surface area contributed by atoms with Gasteiger partial charge in [0.05, 0.1) is 24.9 Å². The molecule has 30 heavy (non-hydrogen) atoms. The van der Waals surface area contributed by atoms with Gasteiger partial charge in [-0.1, -0.05) is 11.6 Å². The molecule has 0 bridgehead atoms. The summed E-state index contributed by atoms with van der Waals surface area (Å²) in [5.74, 6) is 1.53. The van der Waals surface area contributed by atoms with Crippen LogP contribution in [0.3, 0.4) is 0 Å². The van der Waals surface area contributed by atoms with Crippen LogP contribution in [0.15, 0.2) is 48.8 Å². The maximum atomic E-state index is 14.2. The third kappa shape index (κ3) is 4.28. The summed E-state index contributed by atoms with van der Waals surface area (Å²) in [4.78, 5) is 13.0. The van der Waals surface area contributed by atoms with E-state index in [-0.39, 0.29) is 11.7 Å². The highest BCUT2D eigenvalue weighted by Gasteiger charge is 2.12. The van der Waals surface area contributed by atoms with Crippen LogP contribution < -0.4 is 14.8 Å². The van der Waals surface area contributed by atoms with Crippen molar-refractivity contribution in [2.24, 2.45) is 7.05 Å². The molecule has 0 spiro atoms. The summed E-state index contributed by atoms with van der Waals surface area (Å²) in [5.41, 5.74) is 0.852. The Morgan fingerprint density at radius 2 is 2.03 bits per heavy atom. The van der Waals surface area contributed by atoms with E-state index in [1.54, 1.807) is 24.4 Å². The molecule has 0 amide bonds. The van der Waals surface area contributed by atoms with Crippen LogP contribution >= 0.6 is 11.6 Å². The van der Waals surface area contributed by atoms with Gasteiger partial charge >= 0.3 is 6.01 Å². The third-order valence-corrected chi connectivity index (χ3v) is 4.77. The number of hydrogen-bond donors (Lipinski definition) is 1. The summed E-state index contributed by atoms with van der Waals surface area (Å²) >= 11 is 5.83. The summed E-state index contributed by atoms with van der Waals surface area (Å²) < 4.78 is 27.2. The van der Waals surface area contributed by atoms with E-state index in [1.165, 1.54) is 13.2 Å². The number of methoxy groups -OCH3 is 1. The molecule has 154 valence electrons. The molecule has 9 heteroatoms. The number of halogens is 2. The molecule has 2 heterocycles. The Kier molecular flexibility index (Phi) is 5.67. The normalized spacial score (nSPS) is 10.9. The number of aromatic nitrogens is 4. The second kappa shape index (κ2) is 8.54. The van der Waals surface area contributed by atoms with E-state index in [2.05, 4.69) is 20.3 Å². The number of hydrogen-bond acceptors (Lipinski definition) is 6. The Morgan fingerprint density at radius 3 is 2.77 bits per heavy atom. The number of rotatable bonds is 7. The maximum Gasteiger partial charge on any atom is 0.318 e. The number of fused-ring (bicyclic) bond motifs is 1. The second-order valence-corrected chi connectivity index (χ2v) is 6.98. The van der Waals surface area contributed by atoms with Crippen LogP contribution in [0, 0.1) is 5.82 Å². The first-order valence-corrected chi connectivity index (χ1v) is 9.58. The van der Waals surface area contributed by atoms with Crippen molar-refractivity contribution < 1.29 is 13.9 Å². The molecule has 7 nitrogen and oxygen atoms in total. The minimum atomic E-state index is -0.484. The Hall–Kier alpha value is -3.39. The molecule has 2 aromatic heterocycles. The average Bonchev–Trinajstić information content (AvgIpc) is 3.14. The van der Waals surface area contributed by atoms with Gasteiger partial charge < -0.3 is 19.4 Å². The summed E-state index contributed by atoms with van der Waals surface area (Å²) in [6.07, 6.45) is 4.33. The van der Waals surface area contributed by atoms with E-state index in [0.29, 0.717) is 40.5 Å². The van der Waals surface area contributed by atoms with Gasteiger partial charge in [0.25, 0.3) is 0 Å². The van der Waals surface area contributed by atoms with Crippen molar-refractivity contribution in [2.45, 2.75) is 6.42 Å². The predicted molar refractivity (Wildman–Crippen MR) is 113 cm³/mol. The quantitative estimate of drug-likeness (QED) is 0.467. The van der Waals surface area contributed by atoms with Crippen molar-refractivity contribution in [3.05, 3.63) is 65.5 Å². The lowest BCUT2D eigenvalue weighted by atomic mass is 10.2. The van der Waals surface area contributed by atoms with Gasteiger partial charge in [-0.2, -0.15) is 9.97 Å². The Bertz CT molecular complexity index is 1200. The van der Waals surface area contributed by atoms with Gasteiger partial charge in [-0.25, -0.2) is 9.37 Å². The topological polar surface area (TPSA) is 74.1 Å². The van der Waals surface area contributed by atoms with Gasteiger partial charge in [-0.15, -0.1) is 0 Å². The van der Waals surface area contributed by atoms with Crippen molar-refractivity contribution in [3.63, 3.8) is 0 Å². The lowest BCUT2D eigenvalue weighted by Crippen LogP contribution is -2.06. The Morgan fingerprint density at radius 1 is 1.17 bits per heavy atom. The lowest BCUT2D eigenvalue weighted by Gasteiger charge is -2.12. The van der Waals surface area contributed by atoms with E-state index in [1.807, 2.05) is 29.9 Å². The van der Waals surface area contributed by atoms with Crippen molar-refractivity contribution >= 4 is 34.0 Å². The highest BCUT2D eigenvalue weighted by atomic mass is 35.5. The van der Waals surface area contributed by atoms with Crippen molar-refractivity contribution in [3.8, 4) is 11.8 Å². The molecular formula is C21H19ClFN5O2. The van der Waals surface area contributed by atoms with Crippen LogP contribution in [0.5, 0.6) is 11.8 Å². The van der Waals surface area contributed by atoms with Crippen molar-refractivity contribution in [1.29, 1.82) is 0 Å². The number of aryl methyl sites for hydroxylation is 1. The molecule has 0 atom stereocenters. The fraction of sp³-hybridized carbons (Fsp3) is 0.190. The highest BCUT2D eigenvalue weighted by Crippen LogP contribution is 2.30. The standard InChI is InChI=1S/C21H19ClFN5O2/c1-28-9-8-24-19(28)7-10-30-14-4-5-15-18(12-14)26-21(29-2)27-20(15)25-17-6-3-13(22)11-16(17)23/h3-6,8-9,11-12H,7,10H2,1-2H3,(H,25,26,27). The zero-order valence-corrected chi connectivity index (χ0v) is 17.2. The van der Waals surface area contributed by atoms with Crippen LogP contribution in [-0.4, -0.2) is 33.2 Å². The van der Waals surface area contributed by atoms with Crippen molar-refractivity contribution in [2.75, 3.05) is 19.0 Å². The average molecular weight is 428 g/mol. The van der Waals surface area contributed by atoms with Crippen LogP contribution in [0.25, 0.3) is 10.9 Å². The third-order valence-electron chi connectivity index (χ3n) is 4.53. The molecule has 0 aliphatic carbocycles. The fourth-order valence-corrected chi connectivity index (χ4v) is 3.14.